The number of para-hydroxylation sites is 2. The van der Waals surface area contributed by atoms with Crippen LogP contribution in [0.1, 0.15) is 18.9 Å². The van der Waals surface area contributed by atoms with Crippen LogP contribution in [0.5, 0.6) is 0 Å². The van der Waals surface area contributed by atoms with Crippen LogP contribution in [0.3, 0.4) is 0 Å². The molecule has 3 heteroatoms. The third-order valence-corrected chi connectivity index (χ3v) is 3.84. The van der Waals surface area contributed by atoms with Crippen LogP contribution in [-0.4, -0.2) is 17.2 Å². The van der Waals surface area contributed by atoms with Gasteiger partial charge < -0.3 is 4.90 Å². The molecule has 2 aromatic carbocycles. The first-order valence-electron chi connectivity index (χ1n) is 6.82. The van der Waals surface area contributed by atoms with Gasteiger partial charge in [-0.25, -0.2) is 0 Å². The Labute approximate surface area is 124 Å². The van der Waals surface area contributed by atoms with E-state index < -0.39 is 0 Å². The molecule has 0 aromatic heterocycles. The van der Waals surface area contributed by atoms with Gasteiger partial charge in [0.05, 0.1) is 22.1 Å². The second-order valence-corrected chi connectivity index (χ2v) is 5.20. The lowest BCUT2D eigenvalue weighted by atomic mass is 10.1. The smallest absolute Gasteiger partial charge is 0.0884 e. The first kappa shape index (κ1) is 13.0. The van der Waals surface area contributed by atoms with Gasteiger partial charge in [0.15, 0.2) is 0 Å². The van der Waals surface area contributed by atoms with Gasteiger partial charge in [0.25, 0.3) is 0 Å². The van der Waals surface area contributed by atoms with Crippen molar-refractivity contribution in [2.75, 3.05) is 11.4 Å². The fourth-order valence-corrected chi connectivity index (χ4v) is 2.85. The first-order chi connectivity index (χ1) is 9.79. The van der Waals surface area contributed by atoms with Crippen molar-refractivity contribution in [3.63, 3.8) is 0 Å². The van der Waals surface area contributed by atoms with E-state index in [4.69, 9.17) is 17.2 Å². The molecule has 0 radical (unpaired) electrons. The number of aliphatic imine (C=N–C) groups is 1. The van der Waals surface area contributed by atoms with Gasteiger partial charge in [-0.1, -0.05) is 54.7 Å². The van der Waals surface area contributed by atoms with Gasteiger partial charge in [-0.3, -0.25) is 4.99 Å². The van der Waals surface area contributed by atoms with Crippen LogP contribution in [-0.2, 0) is 0 Å². The summed E-state index contributed by atoms with van der Waals surface area (Å²) in [5.41, 5.74) is 4.28. The van der Waals surface area contributed by atoms with E-state index >= 15 is 0 Å². The van der Waals surface area contributed by atoms with Gasteiger partial charge in [0.1, 0.15) is 0 Å². The first-order valence-corrected chi connectivity index (χ1v) is 7.23. The standard InChI is InChI=1S/C17H16N2S/c1-2-19-16-11-7-6-10-14(16)18-15(12-17(19)20)13-8-4-3-5-9-13/h3-11H,2,12H2,1H3. The molecule has 0 bridgehead atoms. The summed E-state index contributed by atoms with van der Waals surface area (Å²) in [6.45, 7) is 2.99. The summed E-state index contributed by atoms with van der Waals surface area (Å²) in [7, 11) is 0. The van der Waals surface area contributed by atoms with E-state index in [1.807, 2.05) is 30.3 Å². The maximum Gasteiger partial charge on any atom is 0.0884 e. The lowest BCUT2D eigenvalue weighted by molar-refractivity contribution is 1.06. The average molecular weight is 280 g/mol. The highest BCUT2D eigenvalue weighted by Crippen LogP contribution is 2.32. The Balaban J connectivity index is 2.12. The maximum atomic E-state index is 5.61. The summed E-state index contributed by atoms with van der Waals surface area (Å²) in [6, 6.07) is 18.5. The molecule has 1 aliphatic rings. The zero-order chi connectivity index (χ0) is 13.9. The zero-order valence-corrected chi connectivity index (χ0v) is 12.2. The summed E-state index contributed by atoms with van der Waals surface area (Å²) < 4.78 is 0. The van der Waals surface area contributed by atoms with Crippen molar-refractivity contribution < 1.29 is 0 Å². The van der Waals surface area contributed by atoms with Crippen LogP contribution >= 0.6 is 12.2 Å². The number of anilines is 1. The van der Waals surface area contributed by atoms with Crippen molar-refractivity contribution in [2.45, 2.75) is 13.3 Å². The molecule has 100 valence electrons. The molecule has 0 unspecified atom stereocenters. The van der Waals surface area contributed by atoms with E-state index in [9.17, 15) is 0 Å². The number of fused-ring (bicyclic) bond motifs is 1. The molecule has 20 heavy (non-hydrogen) atoms. The Morgan fingerprint density at radius 2 is 1.75 bits per heavy atom. The summed E-state index contributed by atoms with van der Waals surface area (Å²) >= 11 is 5.61. The molecule has 0 fully saturated rings. The molecule has 0 saturated heterocycles. The highest BCUT2D eigenvalue weighted by molar-refractivity contribution is 7.80. The third kappa shape index (κ3) is 2.37. The zero-order valence-electron chi connectivity index (χ0n) is 11.4. The highest BCUT2D eigenvalue weighted by atomic mass is 32.1. The number of hydrogen-bond donors (Lipinski definition) is 0. The monoisotopic (exact) mass is 280 g/mol. The van der Waals surface area contributed by atoms with E-state index in [1.54, 1.807) is 0 Å². The summed E-state index contributed by atoms with van der Waals surface area (Å²) in [6.07, 6.45) is 0.710. The maximum absolute atomic E-state index is 5.61. The van der Waals surface area contributed by atoms with Gasteiger partial charge in [-0.2, -0.15) is 0 Å². The van der Waals surface area contributed by atoms with Crippen LogP contribution in [0.15, 0.2) is 59.6 Å². The minimum absolute atomic E-state index is 0.710. The van der Waals surface area contributed by atoms with E-state index in [0.717, 1.165) is 34.2 Å². The number of nitrogens with zero attached hydrogens (tertiary/aromatic N) is 2. The Morgan fingerprint density at radius 1 is 1.05 bits per heavy atom. The molecule has 2 aromatic rings. The van der Waals surface area contributed by atoms with Gasteiger partial charge >= 0.3 is 0 Å². The van der Waals surface area contributed by atoms with Crippen LogP contribution < -0.4 is 4.90 Å². The predicted molar refractivity (Wildman–Crippen MR) is 89.3 cm³/mol. The van der Waals surface area contributed by atoms with E-state index in [-0.39, 0.29) is 0 Å². The molecular formula is C17H16N2S. The van der Waals surface area contributed by atoms with Crippen molar-refractivity contribution in [2.24, 2.45) is 4.99 Å². The summed E-state index contributed by atoms with van der Waals surface area (Å²) in [4.78, 5) is 7.95. The van der Waals surface area contributed by atoms with Crippen molar-refractivity contribution in [3.05, 3.63) is 60.2 Å². The van der Waals surface area contributed by atoms with Crippen LogP contribution in [0.4, 0.5) is 11.4 Å². The minimum atomic E-state index is 0.710. The fraction of sp³-hybridized carbons (Fsp3) is 0.176. The molecule has 0 aliphatic carbocycles. The fourth-order valence-electron chi connectivity index (χ4n) is 2.49. The van der Waals surface area contributed by atoms with Gasteiger partial charge in [0.2, 0.25) is 0 Å². The van der Waals surface area contributed by atoms with E-state index in [0.29, 0.717) is 6.42 Å². The molecular weight excluding hydrogens is 264 g/mol. The predicted octanol–water partition coefficient (Wildman–Crippen LogP) is 4.36. The van der Waals surface area contributed by atoms with Crippen molar-refractivity contribution in [1.82, 2.24) is 0 Å². The number of rotatable bonds is 2. The lowest BCUT2D eigenvalue weighted by Gasteiger charge is -2.22. The topological polar surface area (TPSA) is 15.6 Å². The van der Waals surface area contributed by atoms with Crippen molar-refractivity contribution in [3.8, 4) is 0 Å². The molecule has 0 saturated carbocycles. The molecule has 2 nitrogen and oxygen atoms in total. The molecule has 0 amide bonds. The second-order valence-electron chi connectivity index (χ2n) is 4.73. The molecule has 1 heterocycles. The largest absolute Gasteiger partial charge is 0.334 e. The van der Waals surface area contributed by atoms with Gasteiger partial charge in [-0.05, 0) is 24.6 Å². The Bertz CT molecular complexity index is 662. The van der Waals surface area contributed by atoms with Gasteiger partial charge in [0, 0.05) is 13.0 Å². The Hall–Kier alpha value is -2.00. The van der Waals surface area contributed by atoms with E-state index in [2.05, 4.69) is 36.1 Å². The summed E-state index contributed by atoms with van der Waals surface area (Å²) in [5.74, 6) is 0. The van der Waals surface area contributed by atoms with Crippen LogP contribution in [0.2, 0.25) is 0 Å². The highest BCUT2D eigenvalue weighted by Gasteiger charge is 2.20. The van der Waals surface area contributed by atoms with E-state index in [1.165, 1.54) is 0 Å². The number of hydrogen-bond acceptors (Lipinski definition) is 2. The minimum Gasteiger partial charge on any atom is -0.334 e. The van der Waals surface area contributed by atoms with Crippen LogP contribution in [0, 0.1) is 0 Å². The van der Waals surface area contributed by atoms with Crippen molar-refractivity contribution >= 4 is 34.3 Å². The molecule has 0 N–H and O–H groups in total. The Kier molecular flexibility index (Phi) is 3.61. The molecule has 1 aliphatic heterocycles. The normalized spacial score (nSPS) is 14.6. The average Bonchev–Trinajstić information content (AvgIpc) is 2.63. The number of thiocarbonyl (C=S) groups is 1. The van der Waals surface area contributed by atoms with Gasteiger partial charge in [-0.15, -0.1) is 0 Å². The Morgan fingerprint density at radius 3 is 2.50 bits per heavy atom. The van der Waals surface area contributed by atoms with Crippen molar-refractivity contribution in [1.29, 1.82) is 0 Å². The van der Waals surface area contributed by atoms with Crippen LogP contribution in [0.25, 0.3) is 0 Å². The molecule has 0 spiro atoms. The third-order valence-electron chi connectivity index (χ3n) is 3.47. The molecule has 3 rings (SSSR count). The SMILES string of the molecule is CCN1C(=S)CC(c2ccccc2)=Nc2ccccc21. The quantitative estimate of drug-likeness (QED) is 0.759. The molecule has 0 atom stereocenters. The second kappa shape index (κ2) is 5.55. The summed E-state index contributed by atoms with van der Waals surface area (Å²) in [5, 5.41) is 0. The lowest BCUT2D eigenvalue weighted by Crippen LogP contribution is -2.29. The number of benzene rings is 2.